The Morgan fingerprint density at radius 1 is 1.14 bits per heavy atom. The van der Waals surface area contributed by atoms with Gasteiger partial charge in [-0.15, -0.1) is 0 Å². The molecule has 0 aliphatic heterocycles. The molecule has 0 amide bonds. The molecule has 0 N–H and O–H groups in total. The highest BCUT2D eigenvalue weighted by molar-refractivity contribution is 6.35. The number of ether oxygens (including phenoxy) is 1. The van der Waals surface area contributed by atoms with Gasteiger partial charge in [-0.1, -0.05) is 17.7 Å². The van der Waals surface area contributed by atoms with Crippen molar-refractivity contribution in [2.24, 2.45) is 0 Å². The van der Waals surface area contributed by atoms with Gasteiger partial charge in [0.25, 0.3) is 0 Å². The summed E-state index contributed by atoms with van der Waals surface area (Å²) in [6, 6.07) is 9.97. The second kappa shape index (κ2) is 3.50. The van der Waals surface area contributed by atoms with E-state index in [0.717, 1.165) is 27.1 Å². The average Bonchev–Trinajstić information content (AvgIpc) is 2.16. The number of methoxy groups -OCH3 is 1. The number of hydrogen-bond acceptors (Lipinski definition) is 1. The van der Waals surface area contributed by atoms with Crippen molar-refractivity contribution in [2.45, 2.75) is 6.92 Å². The lowest BCUT2D eigenvalue weighted by molar-refractivity contribution is 0.415. The van der Waals surface area contributed by atoms with Crippen molar-refractivity contribution in [3.63, 3.8) is 0 Å². The number of fused-ring (bicyclic) bond motifs is 1. The Bertz CT molecular complexity index is 477. The fraction of sp³-hybridized carbons (Fsp3) is 0.167. The molecule has 0 saturated carbocycles. The second-order valence-corrected chi connectivity index (χ2v) is 3.74. The number of rotatable bonds is 1. The molecule has 2 aromatic carbocycles. The molecule has 0 fully saturated rings. The van der Waals surface area contributed by atoms with E-state index in [1.165, 1.54) is 0 Å². The van der Waals surface area contributed by atoms with E-state index in [2.05, 4.69) is 6.07 Å². The summed E-state index contributed by atoms with van der Waals surface area (Å²) in [5.41, 5.74) is 1.16. The zero-order valence-electron chi connectivity index (χ0n) is 8.17. The lowest BCUT2D eigenvalue weighted by Gasteiger charge is -2.05. The quantitative estimate of drug-likeness (QED) is 0.690. The van der Waals surface area contributed by atoms with Crippen LogP contribution in [0.3, 0.4) is 0 Å². The van der Waals surface area contributed by atoms with E-state index in [1.807, 2.05) is 31.2 Å². The molecule has 1 nitrogen and oxygen atoms in total. The molecule has 2 aromatic rings. The van der Waals surface area contributed by atoms with E-state index in [0.29, 0.717) is 0 Å². The first-order valence-electron chi connectivity index (χ1n) is 4.44. The zero-order chi connectivity index (χ0) is 10.1. The van der Waals surface area contributed by atoms with Gasteiger partial charge >= 0.3 is 0 Å². The van der Waals surface area contributed by atoms with E-state index in [4.69, 9.17) is 16.3 Å². The molecule has 2 heteroatoms. The van der Waals surface area contributed by atoms with Gasteiger partial charge in [-0.2, -0.15) is 0 Å². The molecule has 0 bridgehead atoms. The van der Waals surface area contributed by atoms with Gasteiger partial charge in [0.05, 0.1) is 7.11 Å². The molecule has 14 heavy (non-hydrogen) atoms. The Labute approximate surface area is 88.3 Å². The zero-order valence-corrected chi connectivity index (χ0v) is 8.93. The van der Waals surface area contributed by atoms with Crippen molar-refractivity contribution in [1.82, 2.24) is 0 Å². The highest BCUT2D eigenvalue weighted by atomic mass is 35.5. The van der Waals surface area contributed by atoms with Gasteiger partial charge < -0.3 is 4.74 Å². The minimum absolute atomic E-state index is 0.794. The number of benzene rings is 2. The van der Waals surface area contributed by atoms with Gasteiger partial charge in [0, 0.05) is 10.4 Å². The molecule has 0 aliphatic rings. The number of halogens is 1. The molecule has 0 saturated heterocycles. The van der Waals surface area contributed by atoms with Crippen LogP contribution < -0.4 is 4.74 Å². The van der Waals surface area contributed by atoms with Gasteiger partial charge in [-0.05, 0) is 42.1 Å². The monoisotopic (exact) mass is 206 g/mol. The summed E-state index contributed by atoms with van der Waals surface area (Å²) in [5.74, 6) is 0.860. The van der Waals surface area contributed by atoms with Crippen LogP contribution in [0.25, 0.3) is 10.8 Å². The smallest absolute Gasteiger partial charge is 0.119 e. The molecule has 72 valence electrons. The van der Waals surface area contributed by atoms with Gasteiger partial charge in [0.2, 0.25) is 0 Å². The van der Waals surface area contributed by atoms with Gasteiger partial charge in [0.1, 0.15) is 5.75 Å². The number of aryl methyl sites for hydroxylation is 1. The minimum Gasteiger partial charge on any atom is -0.497 e. The highest BCUT2D eigenvalue weighted by Gasteiger charge is 2.01. The maximum atomic E-state index is 6.12. The molecular formula is C12H11ClO. The largest absolute Gasteiger partial charge is 0.497 e. The third-order valence-corrected chi connectivity index (χ3v) is 2.57. The van der Waals surface area contributed by atoms with Crippen molar-refractivity contribution in [3.8, 4) is 5.75 Å². The molecular weight excluding hydrogens is 196 g/mol. The molecule has 0 radical (unpaired) electrons. The van der Waals surface area contributed by atoms with Gasteiger partial charge in [-0.3, -0.25) is 0 Å². The molecule has 0 spiro atoms. The average molecular weight is 207 g/mol. The molecule has 0 unspecified atom stereocenters. The lowest BCUT2D eigenvalue weighted by Crippen LogP contribution is -1.83. The lowest BCUT2D eigenvalue weighted by atomic mass is 10.1. The maximum absolute atomic E-state index is 6.12. The van der Waals surface area contributed by atoms with E-state index < -0.39 is 0 Å². The van der Waals surface area contributed by atoms with Crippen LogP contribution in [0.1, 0.15) is 5.56 Å². The van der Waals surface area contributed by atoms with Crippen LogP contribution in [0.15, 0.2) is 30.3 Å². The second-order valence-electron chi connectivity index (χ2n) is 3.33. The minimum atomic E-state index is 0.794. The van der Waals surface area contributed by atoms with Crippen LogP contribution >= 0.6 is 11.6 Å². The fourth-order valence-electron chi connectivity index (χ4n) is 1.57. The van der Waals surface area contributed by atoms with Crippen molar-refractivity contribution < 1.29 is 4.74 Å². The predicted molar refractivity (Wildman–Crippen MR) is 60.2 cm³/mol. The Morgan fingerprint density at radius 3 is 2.64 bits per heavy atom. The summed E-state index contributed by atoms with van der Waals surface area (Å²) in [7, 11) is 1.67. The molecule has 0 aliphatic carbocycles. The Kier molecular flexibility index (Phi) is 2.34. The Hall–Kier alpha value is -1.21. The summed E-state index contributed by atoms with van der Waals surface area (Å²) in [4.78, 5) is 0. The standard InChI is InChI=1S/C12H11ClO/c1-8-5-9-7-10(14-2)3-4-11(9)12(13)6-8/h3-7H,1-2H3. The SMILES string of the molecule is COc1ccc2c(Cl)cc(C)cc2c1. The molecule has 0 aromatic heterocycles. The van der Waals surface area contributed by atoms with Crippen LogP contribution in [0.2, 0.25) is 5.02 Å². The summed E-state index contributed by atoms with van der Waals surface area (Å²) < 4.78 is 5.16. The summed E-state index contributed by atoms with van der Waals surface area (Å²) >= 11 is 6.12. The fourth-order valence-corrected chi connectivity index (χ4v) is 1.91. The van der Waals surface area contributed by atoms with E-state index in [-0.39, 0.29) is 0 Å². The van der Waals surface area contributed by atoms with E-state index in [9.17, 15) is 0 Å². The van der Waals surface area contributed by atoms with Crippen LogP contribution in [0, 0.1) is 6.92 Å². The number of hydrogen-bond donors (Lipinski definition) is 0. The van der Waals surface area contributed by atoms with Crippen LogP contribution in [-0.4, -0.2) is 7.11 Å². The first-order valence-corrected chi connectivity index (χ1v) is 4.82. The third kappa shape index (κ3) is 1.55. The maximum Gasteiger partial charge on any atom is 0.119 e. The van der Waals surface area contributed by atoms with Crippen LogP contribution in [0.5, 0.6) is 5.75 Å². The van der Waals surface area contributed by atoms with Gasteiger partial charge in [0.15, 0.2) is 0 Å². The Morgan fingerprint density at radius 2 is 1.93 bits per heavy atom. The topological polar surface area (TPSA) is 9.23 Å². The van der Waals surface area contributed by atoms with Crippen molar-refractivity contribution >= 4 is 22.4 Å². The van der Waals surface area contributed by atoms with Gasteiger partial charge in [-0.25, -0.2) is 0 Å². The first kappa shape index (κ1) is 9.35. The first-order chi connectivity index (χ1) is 6.70. The summed E-state index contributed by atoms with van der Waals surface area (Å²) in [6.07, 6.45) is 0. The van der Waals surface area contributed by atoms with Crippen molar-refractivity contribution in [3.05, 3.63) is 40.9 Å². The summed E-state index contributed by atoms with van der Waals surface area (Å²) in [6.45, 7) is 2.03. The highest BCUT2D eigenvalue weighted by Crippen LogP contribution is 2.28. The third-order valence-electron chi connectivity index (χ3n) is 2.25. The molecule has 2 rings (SSSR count). The van der Waals surface area contributed by atoms with E-state index in [1.54, 1.807) is 7.11 Å². The molecule has 0 atom stereocenters. The van der Waals surface area contributed by atoms with Crippen LogP contribution in [-0.2, 0) is 0 Å². The normalized spacial score (nSPS) is 10.5. The molecule has 0 heterocycles. The predicted octanol–water partition coefficient (Wildman–Crippen LogP) is 3.81. The summed E-state index contributed by atoms with van der Waals surface area (Å²) in [5, 5.41) is 2.98. The Balaban J connectivity index is 2.75. The van der Waals surface area contributed by atoms with Crippen molar-refractivity contribution in [2.75, 3.05) is 7.11 Å². The van der Waals surface area contributed by atoms with Crippen LogP contribution in [0.4, 0.5) is 0 Å². The van der Waals surface area contributed by atoms with Crippen molar-refractivity contribution in [1.29, 1.82) is 0 Å². The van der Waals surface area contributed by atoms with E-state index >= 15 is 0 Å².